The van der Waals surface area contributed by atoms with Crippen molar-refractivity contribution in [2.45, 2.75) is 10.4 Å². The van der Waals surface area contributed by atoms with Gasteiger partial charge in [0.2, 0.25) is 5.91 Å². The molecule has 162 valence electrons. The van der Waals surface area contributed by atoms with Crippen LogP contribution < -0.4 is 16.0 Å². The van der Waals surface area contributed by atoms with Crippen molar-refractivity contribution in [2.75, 3.05) is 18.4 Å². The quantitative estimate of drug-likeness (QED) is 0.194. The number of hydrogen-bond donors (Lipinski definition) is 3. The van der Waals surface area contributed by atoms with Crippen LogP contribution >= 0.6 is 23.4 Å². The van der Waals surface area contributed by atoms with Gasteiger partial charge in [0, 0.05) is 29.3 Å². The second kappa shape index (κ2) is 11.9. The molecular weight excluding hydrogens is 446 g/mol. The molecule has 0 bridgehead atoms. The highest BCUT2D eigenvalue weighted by Crippen LogP contribution is 2.34. The first kappa shape index (κ1) is 23.3. The first-order valence-electron chi connectivity index (χ1n) is 9.59. The third kappa shape index (κ3) is 6.82. The number of anilines is 1. The molecule has 3 aromatic rings. The molecule has 1 aromatic carbocycles. The van der Waals surface area contributed by atoms with Crippen LogP contribution in [0, 0.1) is 12.3 Å². The van der Waals surface area contributed by atoms with E-state index >= 15 is 0 Å². The lowest BCUT2D eigenvalue weighted by Gasteiger charge is -2.19. The number of terminal acetylenes is 1. The number of pyridine rings is 2. The standard InChI is InChI=1S/C23H20ClN5O2S/c1-2-11-26-15-20(30)29-22(16-9-13-25-14-10-16)32-23-19(4-3-12-27-23)21(31)28-18-7-5-17(24)6-8-18/h1,3-10,12-14,22,26H,11,15H2,(H,28,31)(H,29,30). The van der Waals surface area contributed by atoms with E-state index in [1.54, 1.807) is 67.1 Å². The Bertz CT molecular complexity index is 1100. The largest absolute Gasteiger partial charge is 0.339 e. The maximum Gasteiger partial charge on any atom is 0.258 e. The van der Waals surface area contributed by atoms with Crippen LogP contribution in [-0.4, -0.2) is 34.9 Å². The Morgan fingerprint density at radius 2 is 1.84 bits per heavy atom. The predicted molar refractivity (Wildman–Crippen MR) is 126 cm³/mol. The Kier molecular flexibility index (Phi) is 8.63. The molecular formula is C23H20ClN5O2S. The topological polar surface area (TPSA) is 96.0 Å². The smallest absolute Gasteiger partial charge is 0.258 e. The van der Waals surface area contributed by atoms with E-state index < -0.39 is 5.37 Å². The van der Waals surface area contributed by atoms with Gasteiger partial charge in [-0.05, 0) is 54.1 Å². The molecule has 9 heteroatoms. The molecule has 32 heavy (non-hydrogen) atoms. The highest BCUT2D eigenvalue weighted by molar-refractivity contribution is 7.99. The van der Waals surface area contributed by atoms with Crippen LogP contribution in [0.15, 0.2) is 72.1 Å². The molecule has 1 atom stereocenters. The van der Waals surface area contributed by atoms with Crippen LogP contribution in [0.25, 0.3) is 0 Å². The lowest BCUT2D eigenvalue weighted by Crippen LogP contribution is -2.35. The van der Waals surface area contributed by atoms with Gasteiger partial charge in [-0.2, -0.15) is 0 Å². The summed E-state index contributed by atoms with van der Waals surface area (Å²) in [5, 5.41) is 9.19. The Morgan fingerprint density at radius 1 is 1.09 bits per heavy atom. The number of benzene rings is 1. The molecule has 2 heterocycles. The fourth-order valence-electron chi connectivity index (χ4n) is 2.67. The summed E-state index contributed by atoms with van der Waals surface area (Å²) in [6.45, 7) is 0.355. The molecule has 0 fully saturated rings. The fraction of sp³-hybridized carbons (Fsp3) is 0.130. The van der Waals surface area contributed by atoms with Crippen molar-refractivity contribution in [3.8, 4) is 12.3 Å². The van der Waals surface area contributed by atoms with Crippen molar-refractivity contribution >= 4 is 40.9 Å². The first-order chi connectivity index (χ1) is 15.6. The van der Waals surface area contributed by atoms with Gasteiger partial charge in [0.25, 0.3) is 5.91 Å². The van der Waals surface area contributed by atoms with Crippen LogP contribution in [-0.2, 0) is 4.79 Å². The van der Waals surface area contributed by atoms with Crippen LogP contribution in [0.3, 0.4) is 0 Å². The summed E-state index contributed by atoms with van der Waals surface area (Å²) >= 11 is 7.16. The van der Waals surface area contributed by atoms with Crippen molar-refractivity contribution in [2.24, 2.45) is 0 Å². The average Bonchev–Trinajstić information content (AvgIpc) is 2.81. The fourth-order valence-corrected chi connectivity index (χ4v) is 3.91. The number of thioether (sulfide) groups is 1. The Balaban J connectivity index is 1.80. The number of hydrogen-bond acceptors (Lipinski definition) is 6. The predicted octanol–water partition coefficient (Wildman–Crippen LogP) is 3.51. The van der Waals surface area contributed by atoms with Gasteiger partial charge in [-0.1, -0.05) is 29.3 Å². The van der Waals surface area contributed by atoms with E-state index in [9.17, 15) is 9.59 Å². The number of carbonyl (C=O) groups excluding carboxylic acids is 2. The SMILES string of the molecule is C#CCNCC(=O)NC(Sc1ncccc1C(=O)Nc1ccc(Cl)cc1)c1ccncc1. The first-order valence-corrected chi connectivity index (χ1v) is 10.8. The van der Waals surface area contributed by atoms with E-state index in [0.29, 0.717) is 21.3 Å². The summed E-state index contributed by atoms with van der Waals surface area (Å²) in [7, 11) is 0. The third-order valence-electron chi connectivity index (χ3n) is 4.16. The minimum Gasteiger partial charge on any atom is -0.339 e. The lowest BCUT2D eigenvalue weighted by molar-refractivity contribution is -0.120. The van der Waals surface area contributed by atoms with E-state index in [-0.39, 0.29) is 24.9 Å². The van der Waals surface area contributed by atoms with Gasteiger partial charge in [0.1, 0.15) is 10.4 Å². The van der Waals surface area contributed by atoms with Gasteiger partial charge in [0.05, 0.1) is 18.7 Å². The molecule has 0 aliphatic carbocycles. The molecule has 1 unspecified atom stereocenters. The highest BCUT2D eigenvalue weighted by Gasteiger charge is 2.21. The van der Waals surface area contributed by atoms with Crippen molar-refractivity contribution in [1.82, 2.24) is 20.6 Å². The minimum atomic E-state index is -0.491. The van der Waals surface area contributed by atoms with E-state index in [1.807, 2.05) is 0 Å². The highest BCUT2D eigenvalue weighted by atomic mass is 35.5. The zero-order chi connectivity index (χ0) is 22.8. The van der Waals surface area contributed by atoms with Gasteiger partial charge in [-0.3, -0.25) is 19.9 Å². The molecule has 0 saturated carbocycles. The summed E-state index contributed by atoms with van der Waals surface area (Å²) in [4.78, 5) is 33.7. The minimum absolute atomic E-state index is 0.0679. The monoisotopic (exact) mass is 465 g/mol. The summed E-state index contributed by atoms with van der Waals surface area (Å²) in [6.07, 6.45) is 10.1. The number of halogens is 1. The van der Waals surface area contributed by atoms with Crippen LogP contribution in [0.4, 0.5) is 5.69 Å². The summed E-state index contributed by atoms with van der Waals surface area (Å²) in [5.41, 5.74) is 1.80. The zero-order valence-corrected chi connectivity index (χ0v) is 18.5. The number of nitrogens with one attached hydrogen (secondary N) is 3. The summed E-state index contributed by atoms with van der Waals surface area (Å²) < 4.78 is 0. The maximum absolute atomic E-state index is 12.9. The van der Waals surface area contributed by atoms with Gasteiger partial charge in [0.15, 0.2) is 0 Å². The molecule has 0 aliphatic heterocycles. The van der Waals surface area contributed by atoms with Gasteiger partial charge >= 0.3 is 0 Å². The maximum atomic E-state index is 12.9. The van der Waals surface area contributed by atoms with E-state index in [0.717, 1.165) is 5.56 Å². The van der Waals surface area contributed by atoms with Gasteiger partial charge in [-0.25, -0.2) is 4.98 Å². The Labute approximate surface area is 195 Å². The number of rotatable bonds is 9. The molecule has 3 N–H and O–H groups in total. The number of carbonyl (C=O) groups is 2. The molecule has 0 aliphatic rings. The van der Waals surface area contributed by atoms with Gasteiger partial charge in [-0.15, -0.1) is 6.42 Å². The number of aromatic nitrogens is 2. The van der Waals surface area contributed by atoms with E-state index in [4.69, 9.17) is 18.0 Å². The second-order valence-electron chi connectivity index (χ2n) is 6.47. The molecule has 3 rings (SSSR count). The zero-order valence-electron chi connectivity index (χ0n) is 16.9. The molecule has 2 amide bonds. The summed E-state index contributed by atoms with van der Waals surface area (Å²) in [5.74, 6) is 1.87. The average molecular weight is 466 g/mol. The summed E-state index contributed by atoms with van der Waals surface area (Å²) in [6, 6.07) is 13.8. The van der Waals surface area contributed by atoms with E-state index in [1.165, 1.54) is 11.8 Å². The van der Waals surface area contributed by atoms with Crippen LogP contribution in [0.1, 0.15) is 21.3 Å². The van der Waals surface area contributed by atoms with Crippen molar-refractivity contribution in [3.63, 3.8) is 0 Å². The van der Waals surface area contributed by atoms with Crippen molar-refractivity contribution < 1.29 is 9.59 Å². The lowest BCUT2D eigenvalue weighted by atomic mass is 10.2. The van der Waals surface area contributed by atoms with Crippen molar-refractivity contribution in [1.29, 1.82) is 0 Å². The van der Waals surface area contributed by atoms with Crippen molar-refractivity contribution in [3.05, 3.63) is 83.3 Å². The molecule has 2 aromatic heterocycles. The third-order valence-corrected chi connectivity index (χ3v) is 5.59. The molecule has 0 spiro atoms. The Hall–Kier alpha value is -3.38. The molecule has 0 radical (unpaired) electrons. The van der Waals surface area contributed by atoms with Gasteiger partial charge < -0.3 is 10.6 Å². The normalized spacial score (nSPS) is 11.2. The molecule has 7 nitrogen and oxygen atoms in total. The number of nitrogens with zero attached hydrogens (tertiary/aromatic N) is 2. The second-order valence-corrected chi connectivity index (χ2v) is 8.00. The van der Waals surface area contributed by atoms with E-state index in [2.05, 4.69) is 31.8 Å². The number of amides is 2. The van der Waals surface area contributed by atoms with Crippen LogP contribution in [0.2, 0.25) is 5.02 Å². The molecule has 0 saturated heterocycles. The Morgan fingerprint density at radius 3 is 2.56 bits per heavy atom. The van der Waals surface area contributed by atoms with Crippen LogP contribution in [0.5, 0.6) is 0 Å².